The van der Waals surface area contributed by atoms with Crippen LogP contribution in [0.15, 0.2) is 42.5 Å². The Hall–Kier alpha value is -2.28. The number of nitrogens with zero attached hydrogens (tertiary/aromatic N) is 3. The maximum Gasteiger partial charge on any atom is 0.255 e. The van der Waals surface area contributed by atoms with E-state index in [4.69, 9.17) is 27.9 Å². The van der Waals surface area contributed by atoms with E-state index in [0.717, 1.165) is 32.0 Å². The molecule has 0 saturated carbocycles. The van der Waals surface area contributed by atoms with Crippen molar-refractivity contribution < 1.29 is 14.3 Å². The van der Waals surface area contributed by atoms with Gasteiger partial charge in [0.25, 0.3) is 11.8 Å². The molecule has 2 aromatic carbocycles. The fraction of sp³-hybridized carbons (Fsp3) is 0.364. The number of hydrogen-bond acceptors (Lipinski definition) is 4. The number of hydrogen-bond donors (Lipinski definition) is 0. The van der Waals surface area contributed by atoms with Gasteiger partial charge in [-0.3, -0.25) is 9.59 Å². The molecule has 2 amide bonds. The van der Waals surface area contributed by atoms with Gasteiger partial charge in [0.2, 0.25) is 0 Å². The van der Waals surface area contributed by atoms with Crippen LogP contribution in [0.5, 0.6) is 0 Å². The smallest absolute Gasteiger partial charge is 0.255 e. The monoisotopic (exact) mass is 447 g/mol. The number of amides is 2. The summed E-state index contributed by atoms with van der Waals surface area (Å²) in [7, 11) is 0. The number of carbonyl (C=O) groups is 2. The number of carbonyl (C=O) groups excluding carboxylic acids is 2. The summed E-state index contributed by atoms with van der Waals surface area (Å²) in [5.74, 6) is -0.154. The molecule has 2 aromatic rings. The molecule has 0 aromatic heterocycles. The van der Waals surface area contributed by atoms with Crippen molar-refractivity contribution in [3.05, 3.63) is 63.6 Å². The van der Waals surface area contributed by atoms with E-state index in [1.807, 2.05) is 24.3 Å². The zero-order valence-corrected chi connectivity index (χ0v) is 18.0. The van der Waals surface area contributed by atoms with Crippen molar-refractivity contribution >= 4 is 40.7 Å². The van der Waals surface area contributed by atoms with Crippen LogP contribution in [0.25, 0.3) is 0 Å². The van der Waals surface area contributed by atoms with E-state index in [-0.39, 0.29) is 11.8 Å². The average molecular weight is 448 g/mol. The molecule has 0 atom stereocenters. The second-order valence-electron chi connectivity index (χ2n) is 7.35. The molecule has 8 heteroatoms. The van der Waals surface area contributed by atoms with Gasteiger partial charge in [-0.05, 0) is 42.5 Å². The number of ether oxygens (including phenoxy) is 1. The van der Waals surface area contributed by atoms with Crippen LogP contribution in [0.3, 0.4) is 0 Å². The third-order valence-corrected chi connectivity index (χ3v) is 6.05. The highest BCUT2D eigenvalue weighted by molar-refractivity contribution is 6.36. The first-order valence-corrected chi connectivity index (χ1v) is 10.7. The van der Waals surface area contributed by atoms with Crippen molar-refractivity contribution in [1.29, 1.82) is 0 Å². The zero-order chi connectivity index (χ0) is 21.1. The molecule has 0 aliphatic carbocycles. The standard InChI is InChI=1S/C22H23Cl2N3O3/c23-17-3-6-19(20(24)15-17)22(29)27-9-7-26(8-10-27)21(28)16-1-4-18(5-2-16)25-11-13-30-14-12-25/h1-6,15H,7-14H2. The molecular weight excluding hydrogens is 425 g/mol. The van der Waals surface area contributed by atoms with E-state index in [2.05, 4.69) is 4.90 Å². The highest BCUT2D eigenvalue weighted by Crippen LogP contribution is 2.23. The average Bonchev–Trinajstić information content (AvgIpc) is 2.79. The largest absolute Gasteiger partial charge is 0.378 e. The molecule has 2 fully saturated rings. The lowest BCUT2D eigenvalue weighted by molar-refractivity contribution is 0.0535. The van der Waals surface area contributed by atoms with Gasteiger partial charge in [-0.1, -0.05) is 23.2 Å². The van der Waals surface area contributed by atoms with Crippen LogP contribution in [-0.2, 0) is 4.74 Å². The van der Waals surface area contributed by atoms with E-state index >= 15 is 0 Å². The van der Waals surface area contributed by atoms with Crippen molar-refractivity contribution in [2.75, 3.05) is 57.4 Å². The molecule has 2 heterocycles. The molecule has 0 N–H and O–H groups in total. The quantitative estimate of drug-likeness (QED) is 0.722. The topological polar surface area (TPSA) is 53.1 Å². The molecule has 158 valence electrons. The molecule has 0 radical (unpaired) electrons. The third kappa shape index (κ3) is 4.56. The third-order valence-electron chi connectivity index (χ3n) is 5.51. The Morgan fingerprint density at radius 1 is 0.767 bits per heavy atom. The van der Waals surface area contributed by atoms with Gasteiger partial charge in [-0.25, -0.2) is 0 Å². The highest BCUT2D eigenvalue weighted by atomic mass is 35.5. The van der Waals surface area contributed by atoms with E-state index in [9.17, 15) is 9.59 Å². The summed E-state index contributed by atoms with van der Waals surface area (Å²) < 4.78 is 5.38. The van der Waals surface area contributed by atoms with Gasteiger partial charge in [0.15, 0.2) is 0 Å². The van der Waals surface area contributed by atoms with Crippen molar-refractivity contribution in [2.45, 2.75) is 0 Å². The van der Waals surface area contributed by atoms with Gasteiger partial charge in [-0.2, -0.15) is 0 Å². The minimum Gasteiger partial charge on any atom is -0.378 e. The van der Waals surface area contributed by atoms with Crippen LogP contribution in [0, 0.1) is 0 Å². The lowest BCUT2D eigenvalue weighted by Gasteiger charge is -2.35. The molecule has 2 saturated heterocycles. The summed E-state index contributed by atoms with van der Waals surface area (Å²) >= 11 is 12.1. The van der Waals surface area contributed by atoms with Gasteiger partial charge in [-0.15, -0.1) is 0 Å². The molecule has 4 rings (SSSR count). The summed E-state index contributed by atoms with van der Waals surface area (Å²) in [5, 5.41) is 0.831. The molecule has 30 heavy (non-hydrogen) atoms. The molecule has 0 bridgehead atoms. The summed E-state index contributed by atoms with van der Waals surface area (Å²) in [6, 6.07) is 12.6. The molecule has 2 aliphatic heterocycles. The number of anilines is 1. The fourth-order valence-corrected chi connectivity index (χ4v) is 4.25. The number of piperazine rings is 1. The summed E-state index contributed by atoms with van der Waals surface area (Å²) in [6.07, 6.45) is 0. The van der Waals surface area contributed by atoms with Crippen LogP contribution < -0.4 is 4.90 Å². The summed E-state index contributed by atoms with van der Waals surface area (Å²) in [5.41, 5.74) is 2.19. The van der Waals surface area contributed by atoms with Gasteiger partial charge in [0.05, 0.1) is 23.8 Å². The number of halogens is 2. The Labute approximate surface area is 185 Å². The van der Waals surface area contributed by atoms with Gasteiger partial charge >= 0.3 is 0 Å². The molecular formula is C22H23Cl2N3O3. The predicted octanol–water partition coefficient (Wildman–Crippen LogP) is 3.43. The number of rotatable bonds is 3. The Morgan fingerprint density at radius 3 is 1.97 bits per heavy atom. The first-order chi connectivity index (χ1) is 14.5. The Morgan fingerprint density at radius 2 is 1.37 bits per heavy atom. The van der Waals surface area contributed by atoms with E-state index in [1.54, 1.807) is 28.0 Å². The number of morpholine rings is 1. The lowest BCUT2D eigenvalue weighted by atomic mass is 10.1. The maximum absolute atomic E-state index is 12.9. The fourth-order valence-electron chi connectivity index (χ4n) is 3.76. The van der Waals surface area contributed by atoms with Crippen molar-refractivity contribution in [2.24, 2.45) is 0 Å². The zero-order valence-electron chi connectivity index (χ0n) is 16.5. The van der Waals surface area contributed by atoms with Gasteiger partial charge < -0.3 is 19.4 Å². The van der Waals surface area contributed by atoms with E-state index in [0.29, 0.717) is 47.4 Å². The van der Waals surface area contributed by atoms with Crippen LogP contribution >= 0.6 is 23.2 Å². The van der Waals surface area contributed by atoms with Gasteiger partial charge in [0.1, 0.15) is 0 Å². The molecule has 0 unspecified atom stereocenters. The van der Waals surface area contributed by atoms with Crippen LogP contribution in [0.2, 0.25) is 10.0 Å². The van der Waals surface area contributed by atoms with E-state index < -0.39 is 0 Å². The maximum atomic E-state index is 12.9. The van der Waals surface area contributed by atoms with Crippen LogP contribution in [0.1, 0.15) is 20.7 Å². The summed E-state index contributed by atoms with van der Waals surface area (Å²) in [4.78, 5) is 31.4. The Bertz CT molecular complexity index is 922. The van der Waals surface area contributed by atoms with Gasteiger partial charge in [0, 0.05) is 55.5 Å². The molecule has 2 aliphatic rings. The lowest BCUT2D eigenvalue weighted by Crippen LogP contribution is -2.50. The molecule has 0 spiro atoms. The predicted molar refractivity (Wildman–Crippen MR) is 118 cm³/mol. The van der Waals surface area contributed by atoms with Crippen molar-refractivity contribution in [1.82, 2.24) is 9.80 Å². The molecule has 6 nitrogen and oxygen atoms in total. The normalized spacial score (nSPS) is 17.2. The highest BCUT2D eigenvalue weighted by Gasteiger charge is 2.26. The minimum absolute atomic E-state index is 0.0137. The Kier molecular flexibility index (Phi) is 6.46. The van der Waals surface area contributed by atoms with E-state index in [1.165, 1.54) is 0 Å². The van der Waals surface area contributed by atoms with Crippen LogP contribution in [0.4, 0.5) is 5.69 Å². The Balaban J connectivity index is 1.35. The summed E-state index contributed by atoms with van der Waals surface area (Å²) in [6.45, 7) is 5.09. The van der Waals surface area contributed by atoms with Crippen molar-refractivity contribution in [3.63, 3.8) is 0 Å². The second kappa shape index (κ2) is 9.25. The first-order valence-electron chi connectivity index (χ1n) is 9.99. The first kappa shape index (κ1) is 21.0. The minimum atomic E-state index is -0.140. The van der Waals surface area contributed by atoms with Crippen LogP contribution in [-0.4, -0.2) is 74.1 Å². The number of benzene rings is 2. The second-order valence-corrected chi connectivity index (χ2v) is 8.20. The van der Waals surface area contributed by atoms with Crippen molar-refractivity contribution in [3.8, 4) is 0 Å². The SMILES string of the molecule is O=C(c1ccc(N2CCOCC2)cc1)N1CCN(C(=O)c2ccc(Cl)cc2Cl)CC1.